The summed E-state index contributed by atoms with van der Waals surface area (Å²) in [6, 6.07) is 6.92. The summed E-state index contributed by atoms with van der Waals surface area (Å²) < 4.78 is 0. The molecule has 0 fully saturated rings. The number of benzene rings is 1. The minimum absolute atomic E-state index is 0.213. The van der Waals surface area contributed by atoms with Crippen molar-refractivity contribution in [1.29, 1.82) is 0 Å². The Labute approximate surface area is 108 Å². The first-order valence-corrected chi connectivity index (χ1v) is 5.93. The lowest BCUT2D eigenvalue weighted by Gasteiger charge is -2.39. The topological polar surface area (TPSA) is 69.6 Å². The third-order valence-electron chi connectivity index (χ3n) is 3.74. The van der Waals surface area contributed by atoms with Gasteiger partial charge in [-0.1, -0.05) is 12.1 Å². The summed E-state index contributed by atoms with van der Waals surface area (Å²) in [7, 11) is 0. The van der Waals surface area contributed by atoms with Gasteiger partial charge in [0, 0.05) is 12.1 Å². The van der Waals surface area contributed by atoms with E-state index in [0.717, 1.165) is 5.56 Å². The molecular formula is C14H21NO3. The zero-order valence-corrected chi connectivity index (χ0v) is 11.3. The molecule has 0 heterocycles. The minimum atomic E-state index is -0.885. The van der Waals surface area contributed by atoms with Gasteiger partial charge in [0.1, 0.15) is 5.75 Å². The second-order valence-corrected chi connectivity index (χ2v) is 5.58. The molecular weight excluding hydrogens is 230 g/mol. The van der Waals surface area contributed by atoms with Crippen LogP contribution < -0.4 is 5.32 Å². The van der Waals surface area contributed by atoms with Crippen LogP contribution in [0.3, 0.4) is 0 Å². The van der Waals surface area contributed by atoms with Gasteiger partial charge in [-0.15, -0.1) is 0 Å². The van der Waals surface area contributed by atoms with Gasteiger partial charge < -0.3 is 15.5 Å². The number of carbonyl (C=O) groups is 1. The fraction of sp³-hybridized carbons (Fsp3) is 0.500. The molecule has 18 heavy (non-hydrogen) atoms. The highest BCUT2D eigenvalue weighted by Gasteiger charge is 2.42. The number of phenols is 1. The van der Waals surface area contributed by atoms with Crippen molar-refractivity contribution in [2.75, 3.05) is 0 Å². The van der Waals surface area contributed by atoms with E-state index in [4.69, 9.17) is 0 Å². The molecule has 0 unspecified atom stereocenters. The van der Waals surface area contributed by atoms with Crippen LogP contribution in [-0.4, -0.2) is 21.7 Å². The highest BCUT2D eigenvalue weighted by Crippen LogP contribution is 2.31. The van der Waals surface area contributed by atoms with Crippen molar-refractivity contribution in [2.24, 2.45) is 5.41 Å². The first kappa shape index (κ1) is 14.5. The van der Waals surface area contributed by atoms with Gasteiger partial charge in [0.2, 0.25) is 0 Å². The van der Waals surface area contributed by atoms with Gasteiger partial charge in [-0.3, -0.25) is 4.79 Å². The smallest absolute Gasteiger partial charge is 0.310 e. The average Bonchev–Trinajstić information content (AvgIpc) is 2.26. The Bertz CT molecular complexity index is 438. The van der Waals surface area contributed by atoms with Gasteiger partial charge in [-0.25, -0.2) is 0 Å². The quantitative estimate of drug-likeness (QED) is 0.751. The number of carboxylic acids is 1. The predicted molar refractivity (Wildman–Crippen MR) is 70.4 cm³/mol. The molecule has 0 saturated heterocycles. The SMILES string of the molecule is CC(C)(NCc1cccc(O)c1)C(C)(C)C(=O)O. The molecule has 0 aromatic heterocycles. The van der Waals surface area contributed by atoms with Crippen LogP contribution in [0.1, 0.15) is 33.3 Å². The van der Waals surface area contributed by atoms with E-state index >= 15 is 0 Å². The normalized spacial score (nSPS) is 12.4. The molecule has 1 rings (SSSR count). The first-order valence-electron chi connectivity index (χ1n) is 5.93. The number of aliphatic carboxylic acids is 1. The second-order valence-electron chi connectivity index (χ2n) is 5.58. The Kier molecular flexibility index (Phi) is 4.02. The van der Waals surface area contributed by atoms with Crippen molar-refractivity contribution >= 4 is 5.97 Å². The molecule has 0 radical (unpaired) electrons. The van der Waals surface area contributed by atoms with E-state index in [0.29, 0.717) is 6.54 Å². The van der Waals surface area contributed by atoms with E-state index in [2.05, 4.69) is 5.32 Å². The van der Waals surface area contributed by atoms with Crippen LogP contribution in [-0.2, 0) is 11.3 Å². The van der Waals surface area contributed by atoms with Gasteiger partial charge in [0.25, 0.3) is 0 Å². The summed E-state index contributed by atoms with van der Waals surface area (Å²) in [6.45, 7) is 7.64. The highest BCUT2D eigenvalue weighted by molar-refractivity contribution is 5.75. The summed E-state index contributed by atoms with van der Waals surface area (Å²) in [6.07, 6.45) is 0. The van der Waals surface area contributed by atoms with E-state index < -0.39 is 16.9 Å². The van der Waals surface area contributed by atoms with Crippen LogP contribution in [0.15, 0.2) is 24.3 Å². The summed E-state index contributed by atoms with van der Waals surface area (Å²) >= 11 is 0. The van der Waals surface area contributed by atoms with Crippen LogP contribution in [0.5, 0.6) is 5.75 Å². The van der Waals surface area contributed by atoms with Crippen LogP contribution in [0, 0.1) is 5.41 Å². The highest BCUT2D eigenvalue weighted by atomic mass is 16.4. The summed E-state index contributed by atoms with van der Waals surface area (Å²) in [5.41, 5.74) is -0.530. The van der Waals surface area contributed by atoms with Crippen LogP contribution in [0.25, 0.3) is 0 Å². The fourth-order valence-corrected chi connectivity index (χ4v) is 1.48. The molecule has 4 heteroatoms. The summed E-state index contributed by atoms with van der Waals surface area (Å²) in [4.78, 5) is 11.3. The maximum atomic E-state index is 11.3. The molecule has 4 nitrogen and oxygen atoms in total. The van der Waals surface area contributed by atoms with Crippen LogP contribution in [0.4, 0.5) is 0 Å². The van der Waals surface area contributed by atoms with Gasteiger partial charge in [0.05, 0.1) is 5.41 Å². The maximum absolute atomic E-state index is 11.3. The number of carboxylic acid groups (broad SMARTS) is 1. The lowest BCUT2D eigenvalue weighted by molar-refractivity contribution is -0.151. The van der Waals surface area contributed by atoms with Crippen LogP contribution in [0.2, 0.25) is 0 Å². The molecule has 1 aromatic carbocycles. The monoisotopic (exact) mass is 251 g/mol. The minimum Gasteiger partial charge on any atom is -0.508 e. The molecule has 0 saturated carbocycles. The number of aromatic hydroxyl groups is 1. The number of rotatable bonds is 5. The predicted octanol–water partition coefficient (Wildman–Crippen LogP) is 2.37. The number of nitrogens with one attached hydrogen (secondary N) is 1. The van der Waals surface area contributed by atoms with Crippen molar-refractivity contribution in [3.05, 3.63) is 29.8 Å². The van der Waals surface area contributed by atoms with E-state index in [-0.39, 0.29) is 5.75 Å². The Hall–Kier alpha value is -1.55. The first-order chi connectivity index (χ1) is 8.17. The summed E-state index contributed by atoms with van der Waals surface area (Å²) in [5, 5.41) is 21.8. The molecule has 0 atom stereocenters. The Morgan fingerprint density at radius 1 is 1.28 bits per heavy atom. The van der Waals surface area contributed by atoms with E-state index in [1.165, 1.54) is 0 Å². The average molecular weight is 251 g/mol. The van der Waals surface area contributed by atoms with E-state index in [1.54, 1.807) is 32.0 Å². The van der Waals surface area contributed by atoms with Gasteiger partial charge in [-0.05, 0) is 45.4 Å². The van der Waals surface area contributed by atoms with Crippen molar-refractivity contribution in [3.63, 3.8) is 0 Å². The molecule has 0 aliphatic heterocycles. The fourth-order valence-electron chi connectivity index (χ4n) is 1.48. The number of phenolic OH excluding ortho intramolecular Hbond substituents is 1. The number of hydrogen-bond acceptors (Lipinski definition) is 3. The Morgan fingerprint density at radius 2 is 1.89 bits per heavy atom. The maximum Gasteiger partial charge on any atom is 0.310 e. The molecule has 3 N–H and O–H groups in total. The molecule has 0 amide bonds. The molecule has 1 aromatic rings. The Morgan fingerprint density at radius 3 is 2.39 bits per heavy atom. The largest absolute Gasteiger partial charge is 0.508 e. The van der Waals surface area contributed by atoms with Gasteiger partial charge in [-0.2, -0.15) is 0 Å². The lowest BCUT2D eigenvalue weighted by Crippen LogP contribution is -2.54. The molecule has 100 valence electrons. The van der Waals surface area contributed by atoms with Gasteiger partial charge in [0.15, 0.2) is 0 Å². The third-order valence-corrected chi connectivity index (χ3v) is 3.74. The molecule has 0 aliphatic rings. The van der Waals surface area contributed by atoms with Crippen molar-refractivity contribution in [2.45, 2.75) is 39.8 Å². The zero-order valence-electron chi connectivity index (χ0n) is 11.3. The van der Waals surface area contributed by atoms with E-state index in [1.807, 2.05) is 19.9 Å². The molecule has 0 spiro atoms. The second kappa shape index (κ2) is 4.98. The lowest BCUT2D eigenvalue weighted by atomic mass is 9.74. The number of hydrogen-bond donors (Lipinski definition) is 3. The van der Waals surface area contributed by atoms with Crippen molar-refractivity contribution < 1.29 is 15.0 Å². The standard InChI is InChI=1S/C14H21NO3/c1-13(2,12(17)18)14(3,4)15-9-10-6-5-7-11(16)8-10/h5-8,15-16H,9H2,1-4H3,(H,17,18). The molecule has 0 aliphatic carbocycles. The third kappa shape index (κ3) is 3.01. The van der Waals surface area contributed by atoms with E-state index in [9.17, 15) is 15.0 Å². The zero-order chi connectivity index (χ0) is 14.0. The molecule has 0 bridgehead atoms. The Balaban J connectivity index is 2.76. The van der Waals surface area contributed by atoms with Crippen molar-refractivity contribution in [1.82, 2.24) is 5.32 Å². The van der Waals surface area contributed by atoms with Crippen LogP contribution >= 0.6 is 0 Å². The van der Waals surface area contributed by atoms with Gasteiger partial charge >= 0.3 is 5.97 Å². The summed E-state index contributed by atoms with van der Waals surface area (Å²) in [5.74, 6) is -0.625. The van der Waals surface area contributed by atoms with Crippen molar-refractivity contribution in [3.8, 4) is 5.75 Å².